The summed E-state index contributed by atoms with van der Waals surface area (Å²) in [6, 6.07) is 4.75. The Morgan fingerprint density at radius 2 is 2.27 bits per heavy atom. The van der Waals surface area contributed by atoms with Gasteiger partial charge in [-0.2, -0.15) is 0 Å². The molecule has 1 saturated carbocycles. The number of rotatable bonds is 4. The largest absolute Gasteiger partial charge is 0.354 e. The summed E-state index contributed by atoms with van der Waals surface area (Å²) in [6.45, 7) is 3.26. The normalized spacial score (nSPS) is 22.2. The highest BCUT2D eigenvalue weighted by Gasteiger charge is 2.43. The number of likely N-dealkylation sites (tertiary alicyclic amines) is 1. The standard InChI is InChI=1S/C17H28N4S/c1-18-16(21-10-9-17(13-21)7-5-8-17)19-12-14(20(2)3)15-6-4-11-22-15/h4,6,11,14H,5,7-10,12-13H2,1-3H3,(H,18,19). The van der Waals surface area contributed by atoms with Crippen LogP contribution in [0.2, 0.25) is 0 Å². The van der Waals surface area contributed by atoms with Gasteiger partial charge in [0.2, 0.25) is 0 Å². The fourth-order valence-corrected chi connectivity index (χ4v) is 4.66. The number of aliphatic imine (C=N–C) groups is 1. The first-order chi connectivity index (χ1) is 10.6. The Morgan fingerprint density at radius 3 is 2.77 bits per heavy atom. The SMILES string of the molecule is CN=C(NCC(c1cccs1)N(C)C)N1CCC2(CCC2)C1. The second-order valence-electron chi connectivity index (χ2n) is 6.95. The number of nitrogens with zero attached hydrogens (tertiary/aromatic N) is 3. The van der Waals surface area contributed by atoms with Crippen molar-refractivity contribution in [1.29, 1.82) is 0 Å². The second-order valence-corrected chi connectivity index (χ2v) is 7.93. The van der Waals surface area contributed by atoms with Gasteiger partial charge in [-0.15, -0.1) is 11.3 Å². The Kier molecular flexibility index (Phi) is 4.73. The monoisotopic (exact) mass is 320 g/mol. The summed E-state index contributed by atoms with van der Waals surface area (Å²) in [5.74, 6) is 1.08. The first-order valence-corrected chi connectivity index (χ1v) is 9.17. The maximum Gasteiger partial charge on any atom is 0.193 e. The van der Waals surface area contributed by atoms with E-state index in [4.69, 9.17) is 0 Å². The smallest absolute Gasteiger partial charge is 0.193 e. The minimum atomic E-state index is 0.400. The van der Waals surface area contributed by atoms with Crippen LogP contribution in [0.25, 0.3) is 0 Å². The van der Waals surface area contributed by atoms with Gasteiger partial charge in [0, 0.05) is 31.6 Å². The molecule has 2 heterocycles. The minimum Gasteiger partial charge on any atom is -0.354 e. The van der Waals surface area contributed by atoms with Gasteiger partial charge in [0.1, 0.15) is 0 Å². The zero-order chi connectivity index (χ0) is 15.6. The lowest BCUT2D eigenvalue weighted by atomic mass is 9.68. The molecule has 1 atom stereocenters. The lowest BCUT2D eigenvalue weighted by Crippen LogP contribution is -2.45. The van der Waals surface area contributed by atoms with Crippen molar-refractivity contribution in [3.8, 4) is 0 Å². The van der Waals surface area contributed by atoms with Gasteiger partial charge in [-0.3, -0.25) is 4.99 Å². The Morgan fingerprint density at radius 1 is 1.45 bits per heavy atom. The summed E-state index contributed by atoms with van der Waals surface area (Å²) < 4.78 is 0. The molecule has 1 aliphatic heterocycles. The molecule has 22 heavy (non-hydrogen) atoms. The molecule has 0 bridgehead atoms. The third kappa shape index (κ3) is 3.15. The van der Waals surface area contributed by atoms with Crippen LogP contribution in [-0.2, 0) is 0 Å². The molecule has 2 fully saturated rings. The summed E-state index contributed by atoms with van der Waals surface area (Å²) >= 11 is 1.83. The van der Waals surface area contributed by atoms with Crippen molar-refractivity contribution >= 4 is 17.3 Å². The van der Waals surface area contributed by atoms with Crippen LogP contribution in [-0.4, -0.2) is 56.5 Å². The van der Waals surface area contributed by atoms with Crippen molar-refractivity contribution in [3.63, 3.8) is 0 Å². The summed E-state index contributed by atoms with van der Waals surface area (Å²) in [5, 5.41) is 5.76. The molecule has 1 aromatic heterocycles. The molecule has 1 spiro atoms. The van der Waals surface area contributed by atoms with Gasteiger partial charge in [0.25, 0.3) is 0 Å². The van der Waals surface area contributed by atoms with E-state index in [0.29, 0.717) is 11.5 Å². The molecule has 122 valence electrons. The van der Waals surface area contributed by atoms with E-state index in [2.05, 4.69) is 51.7 Å². The Labute approximate surface area is 138 Å². The third-order valence-corrected chi connectivity index (χ3v) is 6.29. The molecule has 0 aromatic carbocycles. The van der Waals surface area contributed by atoms with Crippen LogP contribution >= 0.6 is 11.3 Å². The second kappa shape index (κ2) is 6.59. The van der Waals surface area contributed by atoms with E-state index in [1.807, 2.05) is 18.4 Å². The Balaban J connectivity index is 1.59. The van der Waals surface area contributed by atoms with E-state index in [9.17, 15) is 0 Å². The molecule has 3 rings (SSSR count). The molecule has 0 amide bonds. The van der Waals surface area contributed by atoms with Gasteiger partial charge in [-0.05, 0) is 50.2 Å². The van der Waals surface area contributed by atoms with Crippen LogP contribution in [0.4, 0.5) is 0 Å². The van der Waals surface area contributed by atoms with E-state index in [1.165, 1.54) is 37.1 Å². The van der Waals surface area contributed by atoms with Gasteiger partial charge in [-0.25, -0.2) is 0 Å². The molecule has 1 unspecified atom stereocenters. The summed E-state index contributed by atoms with van der Waals surface area (Å²) in [5.41, 5.74) is 0.617. The van der Waals surface area contributed by atoms with Crippen LogP contribution in [0.1, 0.15) is 36.6 Å². The molecule has 1 aliphatic carbocycles. The quantitative estimate of drug-likeness (QED) is 0.684. The van der Waals surface area contributed by atoms with Crippen molar-refractivity contribution in [2.75, 3.05) is 40.8 Å². The van der Waals surface area contributed by atoms with Crippen molar-refractivity contribution in [2.45, 2.75) is 31.7 Å². The van der Waals surface area contributed by atoms with Crippen molar-refractivity contribution in [2.24, 2.45) is 10.4 Å². The van der Waals surface area contributed by atoms with Crippen molar-refractivity contribution in [3.05, 3.63) is 22.4 Å². The topological polar surface area (TPSA) is 30.9 Å². The number of hydrogen-bond acceptors (Lipinski definition) is 3. The molecule has 0 radical (unpaired) electrons. The maximum atomic E-state index is 4.52. The highest BCUT2D eigenvalue weighted by atomic mass is 32.1. The summed E-state index contributed by atoms with van der Waals surface area (Å²) in [7, 11) is 6.20. The number of likely N-dealkylation sites (N-methyl/N-ethyl adjacent to an activating group) is 1. The molecular weight excluding hydrogens is 292 g/mol. The highest BCUT2D eigenvalue weighted by Crippen LogP contribution is 2.47. The Hall–Kier alpha value is -1.07. The average Bonchev–Trinajstić information content (AvgIpc) is 3.12. The summed E-state index contributed by atoms with van der Waals surface area (Å²) in [4.78, 5) is 10.7. The average molecular weight is 321 g/mol. The third-order valence-electron chi connectivity index (χ3n) is 5.31. The van der Waals surface area contributed by atoms with Crippen molar-refractivity contribution < 1.29 is 0 Å². The molecule has 4 nitrogen and oxygen atoms in total. The van der Waals surface area contributed by atoms with Crippen LogP contribution in [0.3, 0.4) is 0 Å². The zero-order valence-corrected chi connectivity index (χ0v) is 14.8. The van der Waals surface area contributed by atoms with Gasteiger partial charge >= 0.3 is 0 Å². The molecule has 1 saturated heterocycles. The lowest BCUT2D eigenvalue weighted by Gasteiger charge is -2.38. The molecule has 1 aromatic rings. The van der Waals surface area contributed by atoms with E-state index >= 15 is 0 Å². The van der Waals surface area contributed by atoms with E-state index in [1.54, 1.807) is 0 Å². The van der Waals surface area contributed by atoms with Crippen LogP contribution < -0.4 is 5.32 Å². The predicted octanol–water partition coefficient (Wildman–Crippen LogP) is 2.80. The Bertz CT molecular complexity index is 505. The van der Waals surface area contributed by atoms with Gasteiger partial charge in [0.15, 0.2) is 5.96 Å². The van der Waals surface area contributed by atoms with Crippen LogP contribution in [0, 0.1) is 5.41 Å². The zero-order valence-electron chi connectivity index (χ0n) is 14.0. The van der Waals surface area contributed by atoms with Gasteiger partial charge in [0.05, 0.1) is 6.04 Å². The predicted molar refractivity (Wildman–Crippen MR) is 94.6 cm³/mol. The van der Waals surface area contributed by atoms with Crippen molar-refractivity contribution in [1.82, 2.24) is 15.1 Å². The number of hydrogen-bond donors (Lipinski definition) is 1. The van der Waals surface area contributed by atoms with E-state index < -0.39 is 0 Å². The number of nitrogens with one attached hydrogen (secondary N) is 1. The molecule has 5 heteroatoms. The van der Waals surface area contributed by atoms with E-state index in [-0.39, 0.29) is 0 Å². The number of guanidine groups is 1. The molecular formula is C17H28N4S. The number of thiophene rings is 1. The molecule has 1 N–H and O–H groups in total. The lowest BCUT2D eigenvalue weighted by molar-refractivity contribution is 0.151. The van der Waals surface area contributed by atoms with E-state index in [0.717, 1.165) is 19.0 Å². The highest BCUT2D eigenvalue weighted by molar-refractivity contribution is 7.10. The maximum absolute atomic E-state index is 4.52. The van der Waals surface area contributed by atoms with Crippen LogP contribution in [0.15, 0.2) is 22.5 Å². The van der Waals surface area contributed by atoms with Gasteiger partial charge in [-0.1, -0.05) is 12.5 Å². The van der Waals surface area contributed by atoms with Crippen LogP contribution in [0.5, 0.6) is 0 Å². The first kappa shape index (κ1) is 15.8. The summed E-state index contributed by atoms with van der Waals surface area (Å²) in [6.07, 6.45) is 5.59. The fourth-order valence-electron chi connectivity index (χ4n) is 3.74. The first-order valence-electron chi connectivity index (χ1n) is 8.29. The van der Waals surface area contributed by atoms with Gasteiger partial charge < -0.3 is 15.1 Å². The molecule has 2 aliphatic rings. The fraction of sp³-hybridized carbons (Fsp3) is 0.706. The minimum absolute atomic E-state index is 0.400.